The molecule has 2 aromatic rings. The second-order valence-corrected chi connectivity index (χ2v) is 7.40. The quantitative estimate of drug-likeness (QED) is 0.690. The van der Waals surface area contributed by atoms with Crippen LogP contribution in [0.2, 0.25) is 0 Å². The number of alkyl halides is 2. The minimum absolute atomic E-state index is 0.0208. The molecule has 1 unspecified atom stereocenters. The van der Waals surface area contributed by atoms with Gasteiger partial charge >= 0.3 is 0 Å². The molecule has 1 aromatic carbocycles. The van der Waals surface area contributed by atoms with Gasteiger partial charge in [-0.1, -0.05) is 12.1 Å². The first kappa shape index (κ1) is 20.2. The topological polar surface area (TPSA) is 88.3 Å². The average molecular weight is 406 g/mol. The number of pyridine rings is 1. The summed E-state index contributed by atoms with van der Waals surface area (Å²) in [5.74, 6) is -3.50. The molecule has 0 saturated carbocycles. The van der Waals surface area contributed by atoms with Gasteiger partial charge in [-0.25, -0.2) is 4.98 Å². The molecule has 1 aliphatic heterocycles. The number of nitrogens with one attached hydrogen (secondary N) is 1. The number of aromatic nitrogens is 1. The lowest BCUT2D eigenvalue weighted by Crippen LogP contribution is -2.39. The van der Waals surface area contributed by atoms with Crippen molar-refractivity contribution in [2.24, 2.45) is 5.73 Å². The van der Waals surface area contributed by atoms with Crippen LogP contribution in [0.3, 0.4) is 0 Å². The molecule has 28 heavy (non-hydrogen) atoms. The Bertz CT molecular complexity index is 865. The van der Waals surface area contributed by atoms with Gasteiger partial charge in [-0.2, -0.15) is 8.78 Å². The van der Waals surface area contributed by atoms with Gasteiger partial charge in [0.1, 0.15) is 5.03 Å². The van der Waals surface area contributed by atoms with Gasteiger partial charge in [0.05, 0.1) is 11.6 Å². The summed E-state index contributed by atoms with van der Waals surface area (Å²) in [5.41, 5.74) is 6.99. The van der Waals surface area contributed by atoms with Crippen LogP contribution in [-0.4, -0.2) is 40.0 Å². The lowest BCUT2D eigenvalue weighted by Gasteiger charge is -2.22. The molecule has 1 atom stereocenters. The maximum absolute atomic E-state index is 12.7. The normalized spacial score (nSPS) is 17.0. The van der Waals surface area contributed by atoms with E-state index in [1.165, 1.54) is 18.3 Å². The van der Waals surface area contributed by atoms with Gasteiger partial charge in [0, 0.05) is 18.4 Å². The summed E-state index contributed by atoms with van der Waals surface area (Å²) in [6.45, 7) is 1.32. The average Bonchev–Trinajstić information content (AvgIpc) is 3.10. The highest BCUT2D eigenvalue weighted by Gasteiger charge is 2.28. The van der Waals surface area contributed by atoms with Crippen LogP contribution in [0.1, 0.15) is 28.8 Å². The fraction of sp³-hybridized carbons (Fsp3) is 0.316. The molecule has 0 bridgehead atoms. The molecule has 1 fully saturated rings. The Morgan fingerprint density at radius 1 is 1.32 bits per heavy atom. The Labute approximate surface area is 165 Å². The molecule has 9 heteroatoms. The van der Waals surface area contributed by atoms with Crippen molar-refractivity contribution in [3.63, 3.8) is 0 Å². The Morgan fingerprint density at radius 2 is 2.14 bits per heavy atom. The fourth-order valence-corrected chi connectivity index (χ4v) is 3.84. The monoisotopic (exact) mass is 406 g/mol. The van der Waals surface area contributed by atoms with E-state index in [9.17, 15) is 18.4 Å². The van der Waals surface area contributed by atoms with Crippen LogP contribution in [0.15, 0.2) is 47.6 Å². The molecular formula is C19H20F2N4O2S. The minimum Gasteiger partial charge on any atom is -0.368 e. The summed E-state index contributed by atoms with van der Waals surface area (Å²) in [6.07, 6.45) is 3.03. The standard InChI is InChI=1S/C19H20F2N4O2S/c20-19(21)28-18-14(6-2-8-23-18)17(27)24-13-5-1-4-12(10-13)11-25-9-3-7-15(25)16(22)26/h1-2,4-6,8,10,15,19H,3,7,9,11H2,(H2,22,26)(H,24,27). The summed E-state index contributed by atoms with van der Waals surface area (Å²) in [5, 5.41) is 2.70. The number of hydrogen-bond acceptors (Lipinski definition) is 5. The van der Waals surface area contributed by atoms with Crippen LogP contribution in [0.4, 0.5) is 14.5 Å². The van der Waals surface area contributed by atoms with E-state index >= 15 is 0 Å². The largest absolute Gasteiger partial charge is 0.368 e. The first-order chi connectivity index (χ1) is 13.4. The SMILES string of the molecule is NC(=O)C1CCCN1Cc1cccc(NC(=O)c2cccnc2SC(F)F)c1. The number of carbonyl (C=O) groups excluding carboxylic acids is 2. The van der Waals surface area contributed by atoms with Crippen molar-refractivity contribution < 1.29 is 18.4 Å². The Morgan fingerprint density at radius 3 is 2.89 bits per heavy atom. The zero-order valence-electron chi connectivity index (χ0n) is 15.0. The van der Waals surface area contributed by atoms with Crippen molar-refractivity contribution in [2.75, 3.05) is 11.9 Å². The second kappa shape index (κ2) is 9.11. The molecule has 0 aliphatic carbocycles. The number of anilines is 1. The van der Waals surface area contributed by atoms with Gasteiger partial charge in [0.15, 0.2) is 0 Å². The molecule has 0 radical (unpaired) electrons. The number of likely N-dealkylation sites (tertiary alicyclic amines) is 1. The zero-order chi connectivity index (χ0) is 20.1. The maximum atomic E-state index is 12.7. The van der Waals surface area contributed by atoms with Gasteiger partial charge < -0.3 is 11.1 Å². The first-order valence-electron chi connectivity index (χ1n) is 8.77. The predicted molar refractivity (Wildman–Crippen MR) is 103 cm³/mol. The van der Waals surface area contributed by atoms with E-state index in [-0.39, 0.29) is 34.3 Å². The number of rotatable bonds is 7. The molecule has 6 nitrogen and oxygen atoms in total. The highest BCUT2D eigenvalue weighted by atomic mass is 32.2. The molecule has 0 spiro atoms. The van der Waals surface area contributed by atoms with Gasteiger partial charge in [-0.15, -0.1) is 0 Å². The summed E-state index contributed by atoms with van der Waals surface area (Å²) < 4.78 is 25.4. The van der Waals surface area contributed by atoms with E-state index in [0.717, 1.165) is 24.9 Å². The Kier molecular flexibility index (Phi) is 6.58. The third-order valence-electron chi connectivity index (χ3n) is 4.48. The number of carbonyl (C=O) groups is 2. The molecule has 148 valence electrons. The second-order valence-electron chi connectivity index (χ2n) is 6.42. The summed E-state index contributed by atoms with van der Waals surface area (Å²) in [4.78, 5) is 30.0. The number of hydrogen-bond donors (Lipinski definition) is 2. The molecule has 3 N–H and O–H groups in total. The van der Waals surface area contributed by atoms with E-state index in [1.807, 2.05) is 11.0 Å². The molecule has 1 saturated heterocycles. The smallest absolute Gasteiger partial charge is 0.290 e. The van der Waals surface area contributed by atoms with Crippen molar-refractivity contribution in [3.05, 3.63) is 53.7 Å². The van der Waals surface area contributed by atoms with Gasteiger partial charge in [-0.3, -0.25) is 14.5 Å². The highest BCUT2D eigenvalue weighted by molar-refractivity contribution is 7.99. The van der Waals surface area contributed by atoms with Crippen LogP contribution in [0.5, 0.6) is 0 Å². The van der Waals surface area contributed by atoms with E-state index in [1.54, 1.807) is 18.2 Å². The van der Waals surface area contributed by atoms with E-state index in [4.69, 9.17) is 5.73 Å². The predicted octanol–water partition coefficient (Wildman–Crippen LogP) is 3.10. The minimum atomic E-state index is -2.66. The van der Waals surface area contributed by atoms with Crippen LogP contribution in [0, 0.1) is 0 Å². The lowest BCUT2D eigenvalue weighted by molar-refractivity contribution is -0.122. The number of primary amides is 1. The maximum Gasteiger partial charge on any atom is 0.290 e. The summed E-state index contributed by atoms with van der Waals surface area (Å²) in [7, 11) is 0. The third kappa shape index (κ3) is 5.05. The third-order valence-corrected chi connectivity index (χ3v) is 5.21. The highest BCUT2D eigenvalue weighted by Crippen LogP contribution is 2.27. The summed E-state index contributed by atoms with van der Waals surface area (Å²) in [6, 6.07) is 9.91. The van der Waals surface area contributed by atoms with Crippen molar-refractivity contribution >= 4 is 29.3 Å². The van der Waals surface area contributed by atoms with E-state index in [0.29, 0.717) is 12.2 Å². The first-order valence-corrected chi connectivity index (χ1v) is 9.65. The van der Waals surface area contributed by atoms with Crippen molar-refractivity contribution in [3.8, 4) is 0 Å². The van der Waals surface area contributed by atoms with Crippen LogP contribution in [-0.2, 0) is 11.3 Å². The van der Waals surface area contributed by atoms with Crippen LogP contribution in [0.25, 0.3) is 0 Å². The number of amides is 2. The number of nitrogens with zero attached hydrogens (tertiary/aromatic N) is 2. The van der Waals surface area contributed by atoms with Gasteiger partial charge in [0.2, 0.25) is 5.91 Å². The lowest BCUT2D eigenvalue weighted by atomic mass is 10.1. The Balaban J connectivity index is 1.71. The number of halogens is 2. The van der Waals surface area contributed by atoms with E-state index in [2.05, 4.69) is 10.3 Å². The number of benzene rings is 1. The van der Waals surface area contributed by atoms with Gasteiger partial charge in [-0.05, 0) is 61.0 Å². The molecular weight excluding hydrogens is 386 g/mol. The van der Waals surface area contributed by atoms with E-state index < -0.39 is 11.7 Å². The van der Waals surface area contributed by atoms with Crippen molar-refractivity contribution in [1.82, 2.24) is 9.88 Å². The van der Waals surface area contributed by atoms with Crippen LogP contribution >= 0.6 is 11.8 Å². The zero-order valence-corrected chi connectivity index (χ0v) is 15.8. The van der Waals surface area contributed by atoms with Gasteiger partial charge in [0.25, 0.3) is 11.7 Å². The summed E-state index contributed by atoms with van der Waals surface area (Å²) >= 11 is 0.236. The molecule has 3 rings (SSSR count). The van der Waals surface area contributed by atoms with Crippen molar-refractivity contribution in [2.45, 2.75) is 36.2 Å². The van der Waals surface area contributed by atoms with Crippen molar-refractivity contribution in [1.29, 1.82) is 0 Å². The molecule has 1 aromatic heterocycles. The molecule has 2 amide bonds. The molecule has 2 heterocycles. The number of nitrogens with two attached hydrogens (primary N) is 1. The van der Waals surface area contributed by atoms with Crippen LogP contribution < -0.4 is 11.1 Å². The fourth-order valence-electron chi connectivity index (χ4n) is 3.26. The number of thioether (sulfide) groups is 1. The Hall–Kier alpha value is -2.52. The molecule has 1 aliphatic rings.